The van der Waals surface area contributed by atoms with Gasteiger partial charge in [-0.3, -0.25) is 0 Å². The van der Waals surface area contributed by atoms with Crippen molar-refractivity contribution in [1.82, 2.24) is 0 Å². The van der Waals surface area contributed by atoms with Crippen molar-refractivity contribution in [3.8, 4) is 5.40 Å². The van der Waals surface area contributed by atoms with Gasteiger partial charge in [0.1, 0.15) is 11.0 Å². The quantitative estimate of drug-likeness (QED) is 0.493. The van der Waals surface area contributed by atoms with Crippen molar-refractivity contribution in [2.45, 2.75) is 5.09 Å². The predicted molar refractivity (Wildman–Crippen MR) is 47.7 cm³/mol. The Kier molecular flexibility index (Phi) is 1.77. The molecule has 0 amide bonds. The molecule has 0 aliphatic heterocycles. The third-order valence-electron chi connectivity index (χ3n) is 1.55. The highest BCUT2D eigenvalue weighted by atomic mass is 32.2. The first-order chi connectivity index (χ1) is 5.90. The molecular weight excluding hydrogens is 170 g/mol. The van der Waals surface area contributed by atoms with Crippen molar-refractivity contribution in [3.63, 3.8) is 0 Å². The van der Waals surface area contributed by atoms with Gasteiger partial charge in [-0.05, 0) is 12.1 Å². The van der Waals surface area contributed by atoms with Crippen molar-refractivity contribution in [1.29, 1.82) is 5.26 Å². The molecule has 58 valence electrons. The van der Waals surface area contributed by atoms with E-state index in [0.29, 0.717) is 5.09 Å². The summed E-state index contributed by atoms with van der Waals surface area (Å²) in [6, 6.07) is 9.56. The van der Waals surface area contributed by atoms with Crippen LogP contribution in [0.1, 0.15) is 0 Å². The number of furan rings is 1. The molecule has 0 aliphatic carbocycles. The van der Waals surface area contributed by atoms with Gasteiger partial charge < -0.3 is 4.42 Å². The maximum Gasteiger partial charge on any atom is 0.176 e. The van der Waals surface area contributed by atoms with Crippen LogP contribution in [0, 0.1) is 10.7 Å². The molecule has 1 heterocycles. The Morgan fingerprint density at radius 1 is 1.33 bits per heavy atom. The minimum Gasteiger partial charge on any atom is -0.449 e. The van der Waals surface area contributed by atoms with E-state index < -0.39 is 0 Å². The number of benzene rings is 1. The molecule has 1 aromatic heterocycles. The summed E-state index contributed by atoms with van der Waals surface area (Å²) in [5.41, 5.74) is 0.829. The number of thiocyanates is 1. The number of rotatable bonds is 1. The molecule has 12 heavy (non-hydrogen) atoms. The maximum absolute atomic E-state index is 8.40. The molecule has 0 N–H and O–H groups in total. The van der Waals surface area contributed by atoms with Crippen molar-refractivity contribution >= 4 is 22.7 Å². The smallest absolute Gasteiger partial charge is 0.176 e. The van der Waals surface area contributed by atoms with Gasteiger partial charge in [-0.25, -0.2) is 0 Å². The lowest BCUT2D eigenvalue weighted by Gasteiger charge is -1.82. The van der Waals surface area contributed by atoms with Gasteiger partial charge in [0.05, 0.1) is 0 Å². The van der Waals surface area contributed by atoms with E-state index in [2.05, 4.69) is 0 Å². The molecule has 1 aromatic carbocycles. The van der Waals surface area contributed by atoms with Gasteiger partial charge in [0.2, 0.25) is 0 Å². The first-order valence-corrected chi connectivity index (χ1v) is 4.26. The molecule has 2 nitrogen and oxygen atoms in total. The van der Waals surface area contributed by atoms with Gasteiger partial charge >= 0.3 is 0 Å². The van der Waals surface area contributed by atoms with E-state index in [1.165, 1.54) is 0 Å². The van der Waals surface area contributed by atoms with Crippen molar-refractivity contribution in [3.05, 3.63) is 30.3 Å². The second-order valence-corrected chi connectivity index (χ2v) is 3.09. The van der Waals surface area contributed by atoms with Crippen LogP contribution >= 0.6 is 11.8 Å². The van der Waals surface area contributed by atoms with Crippen LogP contribution in [0.4, 0.5) is 0 Å². The highest BCUT2D eigenvalue weighted by Gasteiger charge is 2.01. The van der Waals surface area contributed by atoms with E-state index in [9.17, 15) is 0 Å². The molecule has 2 aromatic rings. The van der Waals surface area contributed by atoms with E-state index in [-0.39, 0.29) is 0 Å². The SMILES string of the molecule is N#CSc1cc2ccccc2o1. The Labute approximate surface area is 73.8 Å². The Morgan fingerprint density at radius 3 is 2.92 bits per heavy atom. The summed E-state index contributed by atoms with van der Waals surface area (Å²) in [4.78, 5) is 0. The molecule has 2 rings (SSSR count). The molecule has 0 unspecified atom stereocenters. The third-order valence-corrected chi connectivity index (χ3v) is 2.04. The number of thioether (sulfide) groups is 1. The Balaban J connectivity index is 2.56. The number of nitriles is 1. The van der Waals surface area contributed by atoms with Crippen molar-refractivity contribution in [2.75, 3.05) is 0 Å². The highest BCUT2D eigenvalue weighted by molar-refractivity contribution is 8.03. The molecule has 3 heteroatoms. The Morgan fingerprint density at radius 2 is 2.17 bits per heavy atom. The lowest BCUT2D eigenvalue weighted by atomic mass is 10.3. The second kappa shape index (κ2) is 2.92. The second-order valence-electron chi connectivity index (χ2n) is 2.30. The van der Waals surface area contributed by atoms with Gasteiger partial charge in [0, 0.05) is 17.1 Å². The number of hydrogen-bond acceptors (Lipinski definition) is 3. The predicted octanol–water partition coefficient (Wildman–Crippen LogP) is 3.01. The van der Waals surface area contributed by atoms with Gasteiger partial charge in [0.15, 0.2) is 5.09 Å². The van der Waals surface area contributed by atoms with E-state index in [4.69, 9.17) is 9.68 Å². The molecule has 0 spiro atoms. The van der Waals surface area contributed by atoms with Crippen LogP contribution in [-0.2, 0) is 0 Å². The van der Waals surface area contributed by atoms with Gasteiger partial charge in [0.25, 0.3) is 0 Å². The largest absolute Gasteiger partial charge is 0.449 e. The molecule has 0 aliphatic rings. The molecule has 0 radical (unpaired) electrons. The maximum atomic E-state index is 8.40. The van der Waals surface area contributed by atoms with Crippen LogP contribution in [0.25, 0.3) is 11.0 Å². The first-order valence-electron chi connectivity index (χ1n) is 3.44. The van der Waals surface area contributed by atoms with Crippen LogP contribution in [0.5, 0.6) is 0 Å². The topological polar surface area (TPSA) is 36.9 Å². The zero-order chi connectivity index (χ0) is 8.39. The summed E-state index contributed by atoms with van der Waals surface area (Å²) in [6.07, 6.45) is 0. The molecule has 0 fully saturated rings. The van der Waals surface area contributed by atoms with Crippen LogP contribution in [0.3, 0.4) is 0 Å². The zero-order valence-electron chi connectivity index (χ0n) is 6.15. The molecule has 0 saturated carbocycles. The minimum atomic E-state index is 0.652. The first kappa shape index (κ1) is 7.26. The van der Waals surface area contributed by atoms with Gasteiger partial charge in [-0.1, -0.05) is 18.2 Å². The lowest BCUT2D eigenvalue weighted by molar-refractivity contribution is 0.516. The standard InChI is InChI=1S/C9H5NOS/c10-6-12-9-5-7-3-1-2-4-8(7)11-9/h1-5H. The number of para-hydroxylation sites is 1. The number of fused-ring (bicyclic) bond motifs is 1. The van der Waals surface area contributed by atoms with Crippen LogP contribution in [0.2, 0.25) is 0 Å². The monoisotopic (exact) mass is 175 g/mol. The van der Waals surface area contributed by atoms with Crippen LogP contribution in [-0.4, -0.2) is 0 Å². The third kappa shape index (κ3) is 1.17. The fraction of sp³-hybridized carbons (Fsp3) is 0. The number of nitrogens with zero attached hydrogens (tertiary/aromatic N) is 1. The highest BCUT2D eigenvalue weighted by Crippen LogP contribution is 2.25. The van der Waals surface area contributed by atoms with Crippen LogP contribution < -0.4 is 0 Å². The van der Waals surface area contributed by atoms with Crippen molar-refractivity contribution < 1.29 is 4.42 Å². The summed E-state index contributed by atoms with van der Waals surface area (Å²) < 4.78 is 5.35. The summed E-state index contributed by atoms with van der Waals surface area (Å²) in [7, 11) is 0. The molecular formula is C9H5NOS. The van der Waals surface area contributed by atoms with Crippen LogP contribution in [0.15, 0.2) is 39.8 Å². The van der Waals surface area contributed by atoms with Gasteiger partial charge in [-0.2, -0.15) is 5.26 Å². The fourth-order valence-electron chi connectivity index (χ4n) is 1.05. The summed E-state index contributed by atoms with van der Waals surface area (Å²) in [5, 5.41) is 12.1. The average molecular weight is 175 g/mol. The molecule has 0 saturated heterocycles. The summed E-state index contributed by atoms with van der Waals surface area (Å²) in [6.45, 7) is 0. The van der Waals surface area contributed by atoms with E-state index in [0.717, 1.165) is 22.7 Å². The normalized spacial score (nSPS) is 9.92. The Bertz CT molecular complexity index is 408. The van der Waals surface area contributed by atoms with E-state index in [1.807, 2.05) is 35.7 Å². The Hall–Kier alpha value is -1.40. The minimum absolute atomic E-state index is 0.652. The lowest BCUT2D eigenvalue weighted by Crippen LogP contribution is -1.57. The summed E-state index contributed by atoms with van der Waals surface area (Å²) in [5.74, 6) is 0. The number of hydrogen-bond donors (Lipinski definition) is 0. The van der Waals surface area contributed by atoms with Crippen molar-refractivity contribution in [2.24, 2.45) is 0 Å². The molecule has 0 bridgehead atoms. The van der Waals surface area contributed by atoms with E-state index in [1.54, 1.807) is 0 Å². The summed E-state index contributed by atoms with van der Waals surface area (Å²) >= 11 is 1.04. The average Bonchev–Trinajstić information content (AvgIpc) is 2.47. The van der Waals surface area contributed by atoms with Gasteiger partial charge in [-0.15, -0.1) is 0 Å². The molecule has 0 atom stereocenters. The zero-order valence-corrected chi connectivity index (χ0v) is 6.97. The fourth-order valence-corrected chi connectivity index (χ4v) is 1.46. The van der Waals surface area contributed by atoms with E-state index >= 15 is 0 Å².